The van der Waals surface area contributed by atoms with Crippen LogP contribution < -0.4 is 10.1 Å². The van der Waals surface area contributed by atoms with Crippen molar-refractivity contribution in [3.8, 4) is 5.75 Å². The number of ether oxygens (including phenoxy) is 1. The van der Waals surface area contributed by atoms with E-state index in [2.05, 4.69) is 14.8 Å². The van der Waals surface area contributed by atoms with Gasteiger partial charge in [0.25, 0.3) is 5.91 Å². The molecular formula is C35H36Cl2FN5O3. The molecule has 1 saturated carbocycles. The Balaban J connectivity index is 0.00000338. The number of likely N-dealkylation sites (tertiary alicyclic amines) is 1. The van der Waals surface area contributed by atoms with E-state index in [4.69, 9.17) is 32.9 Å². The van der Waals surface area contributed by atoms with Gasteiger partial charge in [-0.3, -0.25) is 14.5 Å². The molecule has 240 valence electrons. The number of nitrogens with zero attached hydrogens (tertiary/aromatic N) is 4. The number of hydrogen-bond donors (Lipinski definition) is 1. The van der Waals surface area contributed by atoms with E-state index in [0.717, 1.165) is 36.2 Å². The topological polar surface area (TPSA) is 79.7 Å². The Morgan fingerprint density at radius 1 is 1.15 bits per heavy atom. The molecule has 1 spiro atoms. The van der Waals surface area contributed by atoms with E-state index in [-0.39, 0.29) is 36.2 Å². The number of aryl methyl sites for hydroxylation is 1. The van der Waals surface area contributed by atoms with Crippen LogP contribution >= 0.6 is 23.2 Å². The quantitative estimate of drug-likeness (QED) is 0.248. The van der Waals surface area contributed by atoms with E-state index in [1.165, 1.54) is 11.0 Å². The molecule has 4 heterocycles. The minimum atomic E-state index is -1.21. The van der Waals surface area contributed by atoms with Gasteiger partial charge >= 0.3 is 0 Å². The summed E-state index contributed by atoms with van der Waals surface area (Å²) in [6.45, 7) is 1.36. The lowest BCUT2D eigenvalue weighted by Crippen LogP contribution is -2.53. The van der Waals surface area contributed by atoms with Crippen LogP contribution in [0.4, 0.5) is 10.1 Å². The molecule has 1 N–H and O–H groups in total. The Bertz CT molecular complexity index is 1920. The van der Waals surface area contributed by atoms with Crippen molar-refractivity contribution in [2.45, 2.75) is 56.7 Å². The lowest BCUT2D eigenvalue weighted by molar-refractivity contribution is -0.128. The first kappa shape index (κ1) is 31.0. The molecule has 2 amide bonds. The highest BCUT2D eigenvalue weighted by Gasteiger charge is 2.69. The molecule has 0 unspecified atom stereocenters. The molecule has 8 rings (SSSR count). The van der Waals surface area contributed by atoms with E-state index >= 15 is 4.39 Å². The Morgan fingerprint density at radius 3 is 2.65 bits per heavy atom. The SMILES string of the molecule is C.COc1cc2c(cc1C(=O)N(C)C)nc1n2CC[C@H]2[C@@H]1[C@H](c1cccc(Cl)c1F)[C@]1(C(=O)Nc3cc(Cl)ccc31)N2CC1CC1. The van der Waals surface area contributed by atoms with Crippen molar-refractivity contribution in [3.05, 3.63) is 86.9 Å². The summed E-state index contributed by atoms with van der Waals surface area (Å²) in [5.41, 5.74) is 2.51. The first-order valence-electron chi connectivity index (χ1n) is 15.3. The van der Waals surface area contributed by atoms with Crippen LogP contribution in [-0.4, -0.2) is 65.0 Å². The number of imidazole rings is 1. The molecule has 4 aliphatic rings. The average molecular weight is 665 g/mol. The van der Waals surface area contributed by atoms with Crippen LogP contribution in [0.15, 0.2) is 48.5 Å². The summed E-state index contributed by atoms with van der Waals surface area (Å²) in [6, 6.07) is 14.1. The highest BCUT2D eigenvalue weighted by Crippen LogP contribution is 2.64. The lowest BCUT2D eigenvalue weighted by atomic mass is 9.70. The summed E-state index contributed by atoms with van der Waals surface area (Å²) < 4.78 is 24.2. The molecule has 0 radical (unpaired) electrons. The predicted octanol–water partition coefficient (Wildman–Crippen LogP) is 7.04. The number of nitrogens with one attached hydrogen (secondary N) is 1. The van der Waals surface area contributed by atoms with E-state index in [0.29, 0.717) is 52.1 Å². The van der Waals surface area contributed by atoms with Gasteiger partial charge in [-0.2, -0.15) is 0 Å². The van der Waals surface area contributed by atoms with Gasteiger partial charge in [0.1, 0.15) is 22.9 Å². The third-order valence-corrected chi connectivity index (χ3v) is 10.7. The van der Waals surface area contributed by atoms with Gasteiger partial charge in [0, 0.05) is 67.4 Å². The molecule has 1 aliphatic carbocycles. The maximum Gasteiger partial charge on any atom is 0.257 e. The van der Waals surface area contributed by atoms with Crippen LogP contribution in [0.2, 0.25) is 10.0 Å². The maximum atomic E-state index is 16.3. The van der Waals surface area contributed by atoms with Crippen LogP contribution in [0.5, 0.6) is 5.75 Å². The average Bonchev–Trinajstić information content (AvgIpc) is 3.61. The Morgan fingerprint density at radius 2 is 1.93 bits per heavy atom. The van der Waals surface area contributed by atoms with E-state index in [9.17, 15) is 9.59 Å². The molecule has 3 aromatic carbocycles. The number of benzene rings is 3. The second kappa shape index (κ2) is 11.0. The van der Waals surface area contributed by atoms with Crippen molar-refractivity contribution >= 4 is 51.7 Å². The second-order valence-electron chi connectivity index (χ2n) is 12.9. The Hall–Kier alpha value is -3.66. The van der Waals surface area contributed by atoms with Gasteiger partial charge in [-0.1, -0.05) is 48.8 Å². The zero-order chi connectivity index (χ0) is 31.4. The van der Waals surface area contributed by atoms with Crippen LogP contribution in [0, 0.1) is 11.7 Å². The number of carbonyl (C=O) groups is 2. The number of rotatable bonds is 5. The number of fused-ring (bicyclic) bond motifs is 7. The van der Waals surface area contributed by atoms with Gasteiger partial charge in [-0.25, -0.2) is 9.37 Å². The number of methoxy groups -OCH3 is 1. The molecule has 0 bridgehead atoms. The maximum absolute atomic E-state index is 16.3. The van der Waals surface area contributed by atoms with Gasteiger partial charge in [-0.15, -0.1) is 0 Å². The number of amides is 2. The number of carbonyl (C=O) groups excluding carboxylic acids is 2. The van der Waals surface area contributed by atoms with E-state index in [1.807, 2.05) is 12.1 Å². The fraction of sp³-hybridized carbons (Fsp3) is 0.400. The molecule has 1 aromatic heterocycles. The van der Waals surface area contributed by atoms with Gasteiger partial charge in [0.15, 0.2) is 0 Å². The van der Waals surface area contributed by atoms with Crippen LogP contribution in [0.25, 0.3) is 11.0 Å². The monoisotopic (exact) mass is 663 g/mol. The fourth-order valence-corrected chi connectivity index (χ4v) is 8.55. The standard InChI is InChI=1S/C34H32Cl2FN5O3.CH4/c1-40(2)32(43)20-14-24-26(15-27(20)45-3)41-12-11-25-28(31(41)38-24)29(19-5-4-6-22(36)30(19)37)34(42(25)16-17-7-8-17)21-10-9-18(35)13-23(21)39-33(34)44;/h4-6,9-10,13-15,17,25,28-29H,7-8,11-12,16H2,1-3H3,(H,39,44);1H4/t25-,28+,29-,34+;/m0./s1. The molecular weight excluding hydrogens is 628 g/mol. The zero-order valence-electron chi connectivity index (χ0n) is 25.1. The normalized spacial score (nSPS) is 24.7. The molecule has 8 nitrogen and oxygen atoms in total. The van der Waals surface area contributed by atoms with Crippen LogP contribution in [0.3, 0.4) is 0 Å². The molecule has 4 aromatic rings. The first-order chi connectivity index (χ1) is 21.6. The van der Waals surface area contributed by atoms with E-state index < -0.39 is 17.3 Å². The van der Waals surface area contributed by atoms with Gasteiger partial charge in [0.05, 0.1) is 28.7 Å². The summed E-state index contributed by atoms with van der Waals surface area (Å²) >= 11 is 12.9. The second-order valence-corrected chi connectivity index (χ2v) is 13.7. The van der Waals surface area contributed by atoms with E-state index in [1.54, 1.807) is 51.5 Å². The predicted molar refractivity (Wildman–Crippen MR) is 178 cm³/mol. The summed E-state index contributed by atoms with van der Waals surface area (Å²) in [7, 11) is 4.94. The molecule has 3 aliphatic heterocycles. The number of hydrogen-bond acceptors (Lipinski definition) is 5. The third kappa shape index (κ3) is 4.24. The third-order valence-electron chi connectivity index (χ3n) is 10.2. The summed E-state index contributed by atoms with van der Waals surface area (Å²) in [5.74, 6) is -0.240. The largest absolute Gasteiger partial charge is 0.496 e. The summed E-state index contributed by atoms with van der Waals surface area (Å²) in [5, 5.41) is 3.65. The molecule has 2 fully saturated rings. The van der Waals surface area contributed by atoms with Crippen molar-refractivity contribution in [3.63, 3.8) is 0 Å². The summed E-state index contributed by atoms with van der Waals surface area (Å²) in [6.07, 6.45) is 2.92. The molecule has 46 heavy (non-hydrogen) atoms. The minimum absolute atomic E-state index is 0. The fourth-order valence-electron chi connectivity index (χ4n) is 8.19. The van der Waals surface area contributed by atoms with Crippen molar-refractivity contribution in [1.29, 1.82) is 0 Å². The Labute approximate surface area is 277 Å². The number of aromatic nitrogens is 2. The van der Waals surface area contributed by atoms with Gasteiger partial charge in [-0.05, 0) is 55.0 Å². The minimum Gasteiger partial charge on any atom is -0.496 e. The Kier molecular flexibility index (Phi) is 7.38. The molecule has 1 saturated heterocycles. The smallest absolute Gasteiger partial charge is 0.257 e. The summed E-state index contributed by atoms with van der Waals surface area (Å²) in [4.78, 5) is 36.7. The van der Waals surface area contributed by atoms with Crippen molar-refractivity contribution in [2.24, 2.45) is 5.92 Å². The molecule has 11 heteroatoms. The van der Waals surface area contributed by atoms with Crippen LogP contribution in [0.1, 0.15) is 65.8 Å². The molecule has 4 atom stereocenters. The van der Waals surface area contributed by atoms with Gasteiger partial charge in [0.2, 0.25) is 5.91 Å². The highest BCUT2D eigenvalue weighted by atomic mass is 35.5. The highest BCUT2D eigenvalue weighted by molar-refractivity contribution is 6.31. The van der Waals surface area contributed by atoms with Gasteiger partial charge < -0.3 is 19.5 Å². The lowest BCUT2D eigenvalue weighted by Gasteiger charge is -2.40. The first-order valence-corrected chi connectivity index (χ1v) is 16.0. The number of halogens is 3. The van der Waals surface area contributed by atoms with Crippen molar-refractivity contribution in [1.82, 2.24) is 19.4 Å². The van der Waals surface area contributed by atoms with Crippen molar-refractivity contribution in [2.75, 3.05) is 33.1 Å². The van der Waals surface area contributed by atoms with Crippen molar-refractivity contribution < 1.29 is 18.7 Å². The van der Waals surface area contributed by atoms with Crippen LogP contribution in [-0.2, 0) is 16.9 Å². The zero-order valence-corrected chi connectivity index (χ0v) is 26.6. The number of anilines is 1.